The molecule has 1 aliphatic rings. The molecule has 1 aromatic heterocycles. The van der Waals surface area contributed by atoms with E-state index in [1.165, 1.54) is 22.8 Å². The molecular weight excluding hydrogens is 466 g/mol. The minimum Gasteiger partial charge on any atom is -0.463 e. The zero-order valence-corrected chi connectivity index (χ0v) is 20.2. The Morgan fingerprint density at radius 2 is 1.88 bits per heavy atom. The van der Waals surface area contributed by atoms with E-state index in [1.54, 1.807) is 44.2 Å². The van der Waals surface area contributed by atoms with E-state index >= 15 is 0 Å². The highest BCUT2D eigenvalue weighted by Gasteiger charge is 2.33. The average molecular weight is 494 g/mol. The number of hydrogen-bond acceptors (Lipinski definition) is 6. The number of amides is 1. The Balaban J connectivity index is 1.67. The summed E-state index contributed by atoms with van der Waals surface area (Å²) in [4.78, 5) is 29.4. The Morgan fingerprint density at radius 1 is 1.18 bits per heavy atom. The lowest BCUT2D eigenvalue weighted by Gasteiger charge is -2.31. The van der Waals surface area contributed by atoms with E-state index in [4.69, 9.17) is 16.3 Å². The second-order valence-electron chi connectivity index (χ2n) is 8.19. The number of halogens is 1. The van der Waals surface area contributed by atoms with E-state index in [0.29, 0.717) is 23.4 Å². The Kier molecular flexibility index (Phi) is 8.45. The number of carbonyl (C=O) groups is 2. The predicted octanol–water partition coefficient (Wildman–Crippen LogP) is 3.33. The van der Waals surface area contributed by atoms with Gasteiger partial charge in [0.25, 0.3) is 0 Å². The Hall–Kier alpha value is -2.49. The molecule has 1 N–H and O–H groups in total. The van der Waals surface area contributed by atoms with Crippen LogP contribution in [0.15, 0.2) is 53.7 Å². The number of carbonyl (C=O) groups excluding carboxylic acids is 2. The monoisotopic (exact) mass is 493 g/mol. The van der Waals surface area contributed by atoms with Gasteiger partial charge in [-0.3, -0.25) is 14.6 Å². The van der Waals surface area contributed by atoms with E-state index in [0.717, 1.165) is 0 Å². The highest BCUT2D eigenvalue weighted by atomic mass is 35.5. The normalized spacial score (nSPS) is 16.4. The van der Waals surface area contributed by atoms with Crippen LogP contribution in [0.5, 0.6) is 0 Å². The fraction of sp³-hybridized carbons (Fsp3) is 0.435. The molecule has 1 aromatic carbocycles. The largest absolute Gasteiger partial charge is 0.463 e. The lowest BCUT2D eigenvalue weighted by molar-refractivity contribution is -0.148. The van der Waals surface area contributed by atoms with Crippen LogP contribution in [0.25, 0.3) is 0 Å². The maximum absolute atomic E-state index is 13.0. The molecule has 1 amide bonds. The number of benzene rings is 1. The van der Waals surface area contributed by atoms with Crippen LogP contribution < -0.4 is 5.32 Å². The van der Waals surface area contributed by atoms with Gasteiger partial charge in [-0.2, -0.15) is 4.31 Å². The molecular formula is C23H28ClN3O5S. The van der Waals surface area contributed by atoms with Gasteiger partial charge in [0.1, 0.15) is 4.90 Å². The van der Waals surface area contributed by atoms with Crippen molar-refractivity contribution in [2.45, 2.75) is 50.2 Å². The zero-order chi connectivity index (χ0) is 24.0. The van der Waals surface area contributed by atoms with E-state index in [2.05, 4.69) is 10.3 Å². The first-order chi connectivity index (χ1) is 15.7. The van der Waals surface area contributed by atoms with Crippen LogP contribution >= 0.6 is 11.6 Å². The molecule has 8 nitrogen and oxygen atoms in total. The number of piperidine rings is 1. The van der Waals surface area contributed by atoms with E-state index < -0.39 is 22.0 Å². The summed E-state index contributed by atoms with van der Waals surface area (Å²) in [5, 5.41) is 3.37. The Morgan fingerprint density at radius 3 is 2.48 bits per heavy atom. The number of aromatic nitrogens is 1. The molecule has 178 valence electrons. The van der Waals surface area contributed by atoms with Gasteiger partial charge in [0, 0.05) is 36.4 Å². The number of hydrogen-bond donors (Lipinski definition) is 1. The van der Waals surface area contributed by atoms with Crippen LogP contribution in [0.3, 0.4) is 0 Å². The average Bonchev–Trinajstić information content (AvgIpc) is 2.79. The summed E-state index contributed by atoms with van der Waals surface area (Å²) in [5.74, 6) is -1.06. The molecule has 2 heterocycles. The summed E-state index contributed by atoms with van der Waals surface area (Å²) in [6.07, 6.45) is 3.25. The fourth-order valence-corrected chi connectivity index (χ4v) is 5.47. The number of ether oxygens (including phenoxy) is 1. The van der Waals surface area contributed by atoms with Gasteiger partial charge in [0.15, 0.2) is 0 Å². The van der Waals surface area contributed by atoms with Crippen molar-refractivity contribution in [2.24, 2.45) is 5.92 Å². The van der Waals surface area contributed by atoms with Crippen molar-refractivity contribution in [3.05, 3.63) is 59.4 Å². The third-order valence-corrected chi connectivity index (χ3v) is 7.66. The first-order valence-electron chi connectivity index (χ1n) is 10.8. The summed E-state index contributed by atoms with van der Waals surface area (Å²) in [6.45, 7) is 3.96. The quantitative estimate of drug-likeness (QED) is 0.565. The summed E-state index contributed by atoms with van der Waals surface area (Å²) in [6, 6.07) is 9.46. The smallest absolute Gasteiger partial charge is 0.308 e. The predicted molar refractivity (Wildman–Crippen MR) is 124 cm³/mol. The maximum Gasteiger partial charge on any atom is 0.308 e. The molecule has 0 saturated carbocycles. The molecule has 1 aliphatic heterocycles. The number of esters is 1. The van der Waals surface area contributed by atoms with Crippen LogP contribution in [0.4, 0.5) is 0 Å². The minimum absolute atomic E-state index is 0.0537. The van der Waals surface area contributed by atoms with Crippen molar-refractivity contribution in [3.63, 3.8) is 0 Å². The lowest BCUT2D eigenvalue weighted by atomic mass is 9.95. The van der Waals surface area contributed by atoms with Crippen LogP contribution in [-0.2, 0) is 24.3 Å². The van der Waals surface area contributed by atoms with Gasteiger partial charge < -0.3 is 10.1 Å². The van der Waals surface area contributed by atoms with Crippen molar-refractivity contribution < 1.29 is 22.7 Å². The molecule has 1 saturated heterocycles. The summed E-state index contributed by atoms with van der Waals surface area (Å²) in [5.41, 5.74) is 0.629. The number of nitrogens with zero attached hydrogens (tertiary/aromatic N) is 2. The minimum atomic E-state index is -3.65. The number of nitrogens with one attached hydrogen (secondary N) is 1. The van der Waals surface area contributed by atoms with Crippen LogP contribution in [0, 0.1) is 5.92 Å². The Bertz CT molecular complexity index is 1070. The topological polar surface area (TPSA) is 106 Å². The summed E-state index contributed by atoms with van der Waals surface area (Å²) < 4.78 is 32.2. The SMILES string of the molecule is CC(C)OC(=O)CC(NC(=O)C1CCN(S(=O)(=O)c2cccnc2)CC1)c1ccccc1Cl. The third-order valence-electron chi connectivity index (χ3n) is 5.43. The second kappa shape index (κ2) is 11.1. The van der Waals surface area contributed by atoms with Gasteiger partial charge in [0.2, 0.25) is 15.9 Å². The highest BCUT2D eigenvalue weighted by Crippen LogP contribution is 2.28. The third kappa shape index (κ3) is 6.52. The number of sulfonamides is 1. The molecule has 0 spiro atoms. The number of pyridine rings is 1. The summed E-state index contributed by atoms with van der Waals surface area (Å²) >= 11 is 6.32. The lowest BCUT2D eigenvalue weighted by Crippen LogP contribution is -2.44. The van der Waals surface area contributed by atoms with Crippen LogP contribution in [0.2, 0.25) is 5.02 Å². The van der Waals surface area contributed by atoms with Crippen LogP contribution in [-0.4, -0.2) is 48.8 Å². The van der Waals surface area contributed by atoms with Gasteiger partial charge in [-0.15, -0.1) is 0 Å². The van der Waals surface area contributed by atoms with Gasteiger partial charge >= 0.3 is 5.97 Å². The highest BCUT2D eigenvalue weighted by molar-refractivity contribution is 7.89. The van der Waals surface area contributed by atoms with Crippen molar-refractivity contribution in [3.8, 4) is 0 Å². The van der Waals surface area contributed by atoms with Crippen molar-refractivity contribution in [2.75, 3.05) is 13.1 Å². The molecule has 1 unspecified atom stereocenters. The molecule has 0 aliphatic carbocycles. The molecule has 0 bridgehead atoms. The van der Waals surface area contributed by atoms with Crippen molar-refractivity contribution >= 4 is 33.5 Å². The molecule has 33 heavy (non-hydrogen) atoms. The fourth-order valence-electron chi connectivity index (χ4n) is 3.77. The first kappa shape index (κ1) is 25.1. The van der Waals surface area contributed by atoms with Gasteiger partial charge in [0.05, 0.1) is 18.6 Å². The second-order valence-corrected chi connectivity index (χ2v) is 10.5. The first-order valence-corrected chi connectivity index (χ1v) is 12.6. The standard InChI is InChI=1S/C23H28ClN3O5S/c1-16(2)32-22(28)14-21(19-7-3-4-8-20(19)24)26-23(29)17-9-12-27(13-10-17)33(30,31)18-6-5-11-25-15-18/h3-8,11,15-17,21H,9-10,12-14H2,1-2H3,(H,26,29). The van der Waals surface area contributed by atoms with E-state index in [-0.39, 0.29) is 42.3 Å². The van der Waals surface area contributed by atoms with Gasteiger partial charge in [-0.05, 0) is 50.5 Å². The van der Waals surface area contributed by atoms with Crippen LogP contribution in [0.1, 0.15) is 44.7 Å². The van der Waals surface area contributed by atoms with Crippen molar-refractivity contribution in [1.82, 2.24) is 14.6 Å². The van der Waals surface area contributed by atoms with E-state index in [1.807, 2.05) is 0 Å². The molecule has 1 fully saturated rings. The molecule has 10 heteroatoms. The van der Waals surface area contributed by atoms with E-state index in [9.17, 15) is 18.0 Å². The molecule has 1 atom stereocenters. The maximum atomic E-state index is 13.0. The summed E-state index contributed by atoms with van der Waals surface area (Å²) in [7, 11) is -3.65. The Labute approximate surface area is 199 Å². The van der Waals surface area contributed by atoms with Crippen molar-refractivity contribution in [1.29, 1.82) is 0 Å². The zero-order valence-electron chi connectivity index (χ0n) is 18.6. The molecule has 0 radical (unpaired) electrons. The molecule has 2 aromatic rings. The number of rotatable bonds is 8. The van der Waals surface area contributed by atoms with Gasteiger partial charge in [-0.25, -0.2) is 8.42 Å². The van der Waals surface area contributed by atoms with Gasteiger partial charge in [-0.1, -0.05) is 29.8 Å². The molecule has 3 rings (SSSR count).